The highest BCUT2D eigenvalue weighted by molar-refractivity contribution is 5.76. The van der Waals surface area contributed by atoms with Crippen molar-refractivity contribution in [1.82, 2.24) is 14.9 Å². The molecule has 0 saturated heterocycles. The molecule has 2 aromatic rings. The number of furan rings is 1. The summed E-state index contributed by atoms with van der Waals surface area (Å²) in [5, 5.41) is 12.1. The summed E-state index contributed by atoms with van der Waals surface area (Å²) in [5.74, 6) is 1.79. The van der Waals surface area contributed by atoms with Gasteiger partial charge in [0.15, 0.2) is 0 Å². The molecule has 134 valence electrons. The first-order valence-corrected chi connectivity index (χ1v) is 8.47. The van der Waals surface area contributed by atoms with Crippen LogP contribution in [0.15, 0.2) is 22.8 Å². The molecule has 1 amide bonds. The number of aliphatic hydroxyl groups excluding tert-OH is 1. The molecule has 4 N–H and O–H groups in total. The Labute approximate surface area is 146 Å². The quantitative estimate of drug-likeness (QED) is 0.702. The first-order valence-electron chi connectivity index (χ1n) is 8.47. The second-order valence-electron chi connectivity index (χ2n) is 5.97. The number of rotatable bonds is 6. The Bertz CT molecular complexity index is 717. The molecule has 0 saturated carbocycles. The van der Waals surface area contributed by atoms with E-state index in [1.807, 2.05) is 17.0 Å². The maximum Gasteiger partial charge on any atom is 0.223 e. The molecule has 1 aliphatic rings. The molecule has 0 unspecified atom stereocenters. The lowest BCUT2D eigenvalue weighted by atomic mass is 10.1. The van der Waals surface area contributed by atoms with Crippen molar-refractivity contribution in [2.24, 2.45) is 0 Å². The van der Waals surface area contributed by atoms with E-state index < -0.39 is 0 Å². The zero-order valence-electron chi connectivity index (χ0n) is 14.1. The van der Waals surface area contributed by atoms with E-state index in [9.17, 15) is 4.79 Å². The number of aryl methyl sites for hydroxylation is 1. The molecular formula is C17H23N5O3. The number of nitrogens with one attached hydrogen (secondary N) is 1. The summed E-state index contributed by atoms with van der Waals surface area (Å²) >= 11 is 0. The highest BCUT2D eigenvalue weighted by atomic mass is 16.3. The van der Waals surface area contributed by atoms with Crippen molar-refractivity contribution in [3.8, 4) is 0 Å². The van der Waals surface area contributed by atoms with Crippen LogP contribution in [0.25, 0.3) is 0 Å². The monoisotopic (exact) mass is 345 g/mol. The minimum atomic E-state index is 0.00999. The molecule has 0 radical (unpaired) electrons. The Morgan fingerprint density at radius 3 is 2.96 bits per heavy atom. The van der Waals surface area contributed by atoms with E-state index in [4.69, 9.17) is 15.3 Å². The SMILES string of the molecule is Nc1nc2c(c(NCCO)n1)CCN(C(=O)CCc1ccco1)CC2. The molecular weight excluding hydrogens is 322 g/mol. The van der Waals surface area contributed by atoms with Crippen LogP contribution in [0, 0.1) is 0 Å². The first kappa shape index (κ1) is 17.2. The number of nitrogens with zero attached hydrogens (tertiary/aromatic N) is 3. The van der Waals surface area contributed by atoms with E-state index in [0.717, 1.165) is 17.0 Å². The van der Waals surface area contributed by atoms with Gasteiger partial charge >= 0.3 is 0 Å². The molecule has 3 rings (SSSR count). The number of carbonyl (C=O) groups excluding carboxylic acids is 1. The predicted molar refractivity (Wildman–Crippen MR) is 93.0 cm³/mol. The number of carbonyl (C=O) groups is 1. The molecule has 0 fully saturated rings. The highest BCUT2D eigenvalue weighted by Gasteiger charge is 2.22. The minimum absolute atomic E-state index is 0.00999. The van der Waals surface area contributed by atoms with Crippen LogP contribution in [0.1, 0.15) is 23.4 Å². The number of fused-ring (bicyclic) bond motifs is 1. The Morgan fingerprint density at radius 1 is 1.36 bits per heavy atom. The maximum absolute atomic E-state index is 12.5. The smallest absolute Gasteiger partial charge is 0.223 e. The van der Waals surface area contributed by atoms with Crippen molar-refractivity contribution in [3.05, 3.63) is 35.4 Å². The Kier molecular flexibility index (Phi) is 5.49. The number of amides is 1. The number of aromatic nitrogens is 2. The lowest BCUT2D eigenvalue weighted by molar-refractivity contribution is -0.131. The Balaban J connectivity index is 1.65. The molecule has 0 atom stereocenters. The fourth-order valence-corrected chi connectivity index (χ4v) is 3.03. The van der Waals surface area contributed by atoms with E-state index in [2.05, 4.69) is 15.3 Å². The van der Waals surface area contributed by atoms with Crippen LogP contribution in [0.5, 0.6) is 0 Å². The van der Waals surface area contributed by atoms with Gasteiger partial charge in [0.25, 0.3) is 0 Å². The zero-order chi connectivity index (χ0) is 17.6. The number of aliphatic hydroxyl groups is 1. The molecule has 0 spiro atoms. The summed E-state index contributed by atoms with van der Waals surface area (Å²) in [4.78, 5) is 22.9. The molecule has 1 aliphatic heterocycles. The van der Waals surface area contributed by atoms with Gasteiger partial charge < -0.3 is 25.5 Å². The standard InChI is InChI=1S/C17H23N5O3/c18-17-20-14-6-9-22(15(24)4-3-12-2-1-11-25-12)8-5-13(14)16(21-17)19-7-10-23/h1-2,11,23H,3-10H2,(H3,18,19,20,21). The van der Waals surface area contributed by atoms with Gasteiger partial charge in [0.05, 0.1) is 18.6 Å². The molecule has 25 heavy (non-hydrogen) atoms. The van der Waals surface area contributed by atoms with Crippen molar-refractivity contribution in [3.63, 3.8) is 0 Å². The Morgan fingerprint density at radius 2 is 2.20 bits per heavy atom. The number of anilines is 2. The molecule has 0 aromatic carbocycles. The number of nitrogen functional groups attached to an aromatic ring is 1. The molecule has 2 aromatic heterocycles. The fourth-order valence-electron chi connectivity index (χ4n) is 3.03. The van der Waals surface area contributed by atoms with Crippen LogP contribution in [0.4, 0.5) is 11.8 Å². The van der Waals surface area contributed by atoms with Crippen LogP contribution in [0.2, 0.25) is 0 Å². The maximum atomic E-state index is 12.5. The summed E-state index contributed by atoms with van der Waals surface area (Å²) in [6, 6.07) is 3.70. The van der Waals surface area contributed by atoms with Gasteiger partial charge in [-0.15, -0.1) is 0 Å². The third-order valence-corrected chi connectivity index (χ3v) is 4.28. The second kappa shape index (κ2) is 7.98. The van der Waals surface area contributed by atoms with Crippen LogP contribution < -0.4 is 11.1 Å². The number of nitrogens with two attached hydrogens (primary N) is 1. The summed E-state index contributed by atoms with van der Waals surface area (Å²) in [6.45, 7) is 1.63. The first-order chi connectivity index (χ1) is 12.2. The summed E-state index contributed by atoms with van der Waals surface area (Å²) in [5.41, 5.74) is 7.63. The van der Waals surface area contributed by atoms with Gasteiger partial charge in [0, 0.05) is 44.5 Å². The van der Waals surface area contributed by atoms with Gasteiger partial charge in [-0.05, 0) is 18.6 Å². The molecule has 0 aliphatic carbocycles. The van der Waals surface area contributed by atoms with Crippen molar-refractivity contribution in [2.75, 3.05) is 37.3 Å². The third-order valence-electron chi connectivity index (χ3n) is 4.28. The van der Waals surface area contributed by atoms with Crippen molar-refractivity contribution in [2.45, 2.75) is 25.7 Å². The number of hydrogen-bond donors (Lipinski definition) is 3. The van der Waals surface area contributed by atoms with Gasteiger partial charge in [0.2, 0.25) is 11.9 Å². The van der Waals surface area contributed by atoms with Crippen LogP contribution in [0.3, 0.4) is 0 Å². The molecule has 8 heteroatoms. The molecule has 8 nitrogen and oxygen atoms in total. The van der Waals surface area contributed by atoms with E-state index in [1.165, 1.54) is 0 Å². The van der Waals surface area contributed by atoms with Crippen LogP contribution in [-0.2, 0) is 24.1 Å². The summed E-state index contributed by atoms with van der Waals surface area (Å²) in [6.07, 6.45) is 3.95. The van der Waals surface area contributed by atoms with Gasteiger partial charge in [0.1, 0.15) is 11.6 Å². The topological polar surface area (TPSA) is 118 Å². The largest absolute Gasteiger partial charge is 0.469 e. The fraction of sp³-hybridized carbons (Fsp3) is 0.471. The van der Waals surface area contributed by atoms with E-state index >= 15 is 0 Å². The van der Waals surface area contributed by atoms with Crippen molar-refractivity contribution in [1.29, 1.82) is 0 Å². The van der Waals surface area contributed by atoms with Crippen molar-refractivity contribution < 1.29 is 14.3 Å². The highest BCUT2D eigenvalue weighted by Crippen LogP contribution is 2.22. The van der Waals surface area contributed by atoms with Crippen LogP contribution >= 0.6 is 0 Å². The lowest BCUT2D eigenvalue weighted by Crippen LogP contribution is -2.33. The Hall–Kier alpha value is -2.61. The van der Waals surface area contributed by atoms with Gasteiger partial charge in [-0.2, -0.15) is 4.98 Å². The van der Waals surface area contributed by atoms with Gasteiger partial charge in [-0.1, -0.05) is 0 Å². The average molecular weight is 345 g/mol. The second-order valence-corrected chi connectivity index (χ2v) is 5.97. The number of hydrogen-bond acceptors (Lipinski definition) is 7. The van der Waals surface area contributed by atoms with Crippen molar-refractivity contribution >= 4 is 17.7 Å². The van der Waals surface area contributed by atoms with Gasteiger partial charge in [-0.3, -0.25) is 4.79 Å². The zero-order valence-corrected chi connectivity index (χ0v) is 14.1. The predicted octanol–water partition coefficient (Wildman–Crippen LogP) is 0.616. The minimum Gasteiger partial charge on any atom is -0.469 e. The third kappa shape index (κ3) is 4.27. The summed E-state index contributed by atoms with van der Waals surface area (Å²) < 4.78 is 5.28. The summed E-state index contributed by atoms with van der Waals surface area (Å²) in [7, 11) is 0. The normalized spacial score (nSPS) is 14.0. The average Bonchev–Trinajstić information content (AvgIpc) is 3.03. The van der Waals surface area contributed by atoms with E-state index in [0.29, 0.717) is 51.1 Å². The van der Waals surface area contributed by atoms with Gasteiger partial charge in [-0.25, -0.2) is 4.98 Å². The molecule has 0 bridgehead atoms. The van der Waals surface area contributed by atoms with E-state index in [-0.39, 0.29) is 18.5 Å². The van der Waals surface area contributed by atoms with E-state index in [1.54, 1.807) is 6.26 Å². The van der Waals surface area contributed by atoms with Crippen LogP contribution in [-0.4, -0.2) is 52.1 Å². The molecule has 3 heterocycles. The lowest BCUT2D eigenvalue weighted by Gasteiger charge is -2.20.